The van der Waals surface area contributed by atoms with Crippen molar-refractivity contribution in [3.63, 3.8) is 0 Å². The molecule has 2 bridgehead atoms. The Morgan fingerprint density at radius 3 is 2.74 bits per heavy atom. The number of nitrogens with one attached hydrogen (secondary N) is 1. The lowest BCUT2D eigenvalue weighted by Crippen LogP contribution is -2.66. The van der Waals surface area contributed by atoms with E-state index in [0.29, 0.717) is 30.5 Å². The first-order chi connectivity index (χ1) is 13.1. The summed E-state index contributed by atoms with van der Waals surface area (Å²) < 4.78 is 27.8. The second kappa shape index (κ2) is 6.97. The lowest BCUT2D eigenvalue weighted by atomic mass is 9.72. The van der Waals surface area contributed by atoms with Gasteiger partial charge in [0, 0.05) is 44.1 Å². The summed E-state index contributed by atoms with van der Waals surface area (Å²) in [7, 11) is -3.13. The molecule has 3 aliphatic heterocycles. The summed E-state index contributed by atoms with van der Waals surface area (Å²) in [5, 5.41) is -0.145. The van der Waals surface area contributed by atoms with E-state index in [1.54, 1.807) is 12.4 Å². The fourth-order valence-corrected chi connectivity index (χ4v) is 6.92. The number of piperidine rings is 3. The first kappa shape index (κ1) is 17.8. The highest BCUT2D eigenvalue weighted by atomic mass is 32.2. The Bertz CT molecular complexity index is 770. The smallest absolute Gasteiger partial charge is 0.214 e. The van der Waals surface area contributed by atoms with Crippen LogP contribution >= 0.6 is 0 Å². The Hall–Kier alpha value is -1.25. The molecular weight excluding hydrogens is 362 g/mol. The van der Waals surface area contributed by atoms with Crippen LogP contribution in [0.5, 0.6) is 0 Å². The predicted octanol–water partition coefficient (Wildman–Crippen LogP) is 1.24. The van der Waals surface area contributed by atoms with Gasteiger partial charge in [-0.15, -0.1) is 0 Å². The van der Waals surface area contributed by atoms with Gasteiger partial charge in [0.2, 0.25) is 10.0 Å². The summed E-state index contributed by atoms with van der Waals surface area (Å²) >= 11 is 0. The minimum absolute atomic E-state index is 0.145. The summed E-state index contributed by atoms with van der Waals surface area (Å²) in [6.45, 7) is 3.64. The van der Waals surface area contributed by atoms with Crippen LogP contribution in [-0.2, 0) is 10.0 Å². The van der Waals surface area contributed by atoms with E-state index in [2.05, 4.69) is 24.5 Å². The molecule has 0 unspecified atom stereocenters. The number of hydrogen-bond acceptors (Lipinski definition) is 6. The zero-order valence-electron chi connectivity index (χ0n) is 15.7. The molecule has 27 heavy (non-hydrogen) atoms. The van der Waals surface area contributed by atoms with E-state index < -0.39 is 10.0 Å². The van der Waals surface area contributed by atoms with E-state index in [0.717, 1.165) is 38.3 Å². The Morgan fingerprint density at radius 1 is 1.11 bits per heavy atom. The number of hydrogen-bond donors (Lipinski definition) is 1. The van der Waals surface area contributed by atoms with Gasteiger partial charge >= 0.3 is 0 Å². The van der Waals surface area contributed by atoms with Gasteiger partial charge in [0.25, 0.3) is 0 Å². The van der Waals surface area contributed by atoms with Crippen LogP contribution in [0.4, 0.5) is 5.82 Å². The molecule has 4 fully saturated rings. The second-order valence-corrected chi connectivity index (χ2v) is 10.7. The Labute approximate surface area is 161 Å². The first-order valence-electron chi connectivity index (χ1n) is 10.4. The molecule has 8 heteroatoms. The minimum Gasteiger partial charge on any atom is -0.355 e. The third kappa shape index (κ3) is 3.47. The highest BCUT2D eigenvalue weighted by molar-refractivity contribution is 7.90. The molecule has 1 saturated carbocycles. The van der Waals surface area contributed by atoms with Crippen LogP contribution in [0, 0.1) is 11.8 Å². The topological polar surface area (TPSA) is 78.4 Å². The van der Waals surface area contributed by atoms with Crippen molar-refractivity contribution in [2.75, 3.05) is 31.1 Å². The molecule has 0 spiro atoms. The Kier molecular flexibility index (Phi) is 4.60. The van der Waals surface area contributed by atoms with E-state index >= 15 is 0 Å². The summed E-state index contributed by atoms with van der Waals surface area (Å²) in [6, 6.07) is 0.865. The molecule has 5 rings (SSSR count). The third-order valence-corrected chi connectivity index (χ3v) is 8.87. The molecule has 148 valence electrons. The van der Waals surface area contributed by atoms with E-state index in [-0.39, 0.29) is 5.25 Å². The fraction of sp³-hybridized carbons (Fsp3) is 0.789. The van der Waals surface area contributed by atoms with Crippen molar-refractivity contribution in [2.45, 2.75) is 55.9 Å². The van der Waals surface area contributed by atoms with Gasteiger partial charge in [-0.25, -0.2) is 18.1 Å². The van der Waals surface area contributed by atoms with Crippen molar-refractivity contribution in [3.05, 3.63) is 18.6 Å². The lowest BCUT2D eigenvalue weighted by molar-refractivity contribution is -0.0295. The maximum Gasteiger partial charge on any atom is 0.214 e. The van der Waals surface area contributed by atoms with Crippen molar-refractivity contribution in [1.82, 2.24) is 19.6 Å². The van der Waals surface area contributed by atoms with Gasteiger partial charge in [0.1, 0.15) is 5.82 Å². The van der Waals surface area contributed by atoms with Crippen molar-refractivity contribution in [1.29, 1.82) is 0 Å². The second-order valence-electron chi connectivity index (χ2n) is 8.69. The zero-order chi connectivity index (χ0) is 18.4. The quantitative estimate of drug-likeness (QED) is 0.814. The molecule has 4 heterocycles. The van der Waals surface area contributed by atoms with Crippen LogP contribution in [0.15, 0.2) is 18.6 Å². The molecule has 1 aromatic heterocycles. The predicted molar refractivity (Wildman–Crippen MR) is 104 cm³/mol. The molecular formula is C19H29N5O2S. The van der Waals surface area contributed by atoms with Gasteiger partial charge in [0.15, 0.2) is 0 Å². The standard InChI is InChI=1S/C19H29N5O2S/c25-27(26,16-4-5-16)22-10-18-15-9-14(17-3-1-2-8-24(17)18)12-23(13-15)19-11-20-6-7-21-19/h6-7,11,14-18,22H,1-5,8-10,12-13H2/t14-,15+,17+,18+/m1/s1. The van der Waals surface area contributed by atoms with E-state index in [9.17, 15) is 8.42 Å². The molecule has 4 aliphatic rings. The largest absolute Gasteiger partial charge is 0.355 e. The summed E-state index contributed by atoms with van der Waals surface area (Å²) in [5.74, 6) is 2.07. The van der Waals surface area contributed by atoms with Crippen LogP contribution in [0.25, 0.3) is 0 Å². The van der Waals surface area contributed by atoms with E-state index in [4.69, 9.17) is 0 Å². The van der Waals surface area contributed by atoms with Crippen molar-refractivity contribution >= 4 is 15.8 Å². The number of aromatic nitrogens is 2. The lowest BCUT2D eigenvalue weighted by Gasteiger charge is -2.57. The number of rotatable bonds is 5. The first-order valence-corrected chi connectivity index (χ1v) is 11.9. The van der Waals surface area contributed by atoms with Crippen LogP contribution in [0.2, 0.25) is 0 Å². The summed E-state index contributed by atoms with van der Waals surface area (Å²) in [5.41, 5.74) is 0. The van der Waals surface area contributed by atoms with Crippen molar-refractivity contribution in [3.8, 4) is 0 Å². The number of nitrogens with zero attached hydrogens (tertiary/aromatic N) is 4. The minimum atomic E-state index is -3.13. The van der Waals surface area contributed by atoms with Gasteiger partial charge in [-0.05, 0) is 50.5 Å². The number of fused-ring (bicyclic) bond motifs is 4. The van der Waals surface area contributed by atoms with Crippen LogP contribution in [-0.4, -0.2) is 66.8 Å². The SMILES string of the molecule is O=S(=O)(NC[C@H]1[C@H]2C[C@H](CN(c3cnccn3)C2)[C@@H]2CCCCN21)C1CC1. The Morgan fingerprint density at radius 2 is 1.96 bits per heavy atom. The maximum atomic E-state index is 12.4. The van der Waals surface area contributed by atoms with Crippen molar-refractivity contribution < 1.29 is 8.42 Å². The normalized spacial score (nSPS) is 34.3. The maximum absolute atomic E-state index is 12.4. The number of sulfonamides is 1. The van der Waals surface area contributed by atoms with Gasteiger partial charge < -0.3 is 4.90 Å². The number of anilines is 1. The molecule has 0 aromatic carbocycles. The average Bonchev–Trinajstić information content (AvgIpc) is 3.54. The van der Waals surface area contributed by atoms with Gasteiger partial charge in [-0.3, -0.25) is 9.88 Å². The molecule has 1 N–H and O–H groups in total. The molecule has 0 amide bonds. The molecule has 1 aromatic rings. The average molecular weight is 392 g/mol. The summed E-state index contributed by atoms with van der Waals surface area (Å²) in [4.78, 5) is 13.8. The van der Waals surface area contributed by atoms with Gasteiger partial charge in [-0.1, -0.05) is 6.42 Å². The highest BCUT2D eigenvalue weighted by Gasteiger charge is 2.48. The summed E-state index contributed by atoms with van der Waals surface area (Å²) in [6.07, 6.45) is 11.9. The van der Waals surface area contributed by atoms with Crippen LogP contribution in [0.3, 0.4) is 0 Å². The molecule has 0 radical (unpaired) electrons. The molecule has 1 aliphatic carbocycles. The third-order valence-electron chi connectivity index (χ3n) is 6.95. The monoisotopic (exact) mass is 391 g/mol. The van der Waals surface area contributed by atoms with Gasteiger partial charge in [0.05, 0.1) is 11.4 Å². The molecule has 3 saturated heterocycles. The van der Waals surface area contributed by atoms with Gasteiger partial charge in [-0.2, -0.15) is 0 Å². The zero-order valence-corrected chi connectivity index (χ0v) is 16.5. The van der Waals surface area contributed by atoms with Crippen LogP contribution < -0.4 is 9.62 Å². The van der Waals surface area contributed by atoms with Crippen molar-refractivity contribution in [2.24, 2.45) is 11.8 Å². The fourth-order valence-electron chi connectivity index (χ4n) is 5.53. The molecule has 4 atom stereocenters. The van der Waals surface area contributed by atoms with E-state index in [1.165, 1.54) is 25.7 Å². The van der Waals surface area contributed by atoms with E-state index in [1.807, 2.05) is 6.20 Å². The van der Waals surface area contributed by atoms with Crippen LogP contribution in [0.1, 0.15) is 38.5 Å². The highest BCUT2D eigenvalue weighted by Crippen LogP contribution is 2.42. The molecule has 7 nitrogen and oxygen atoms in total. The Balaban J connectivity index is 1.37.